The number of fused-ring (bicyclic) bond motifs is 2. The van der Waals surface area contributed by atoms with Crippen molar-refractivity contribution in [1.29, 1.82) is 0 Å². The molecule has 218 valence electrons. The molecule has 0 saturated heterocycles. The van der Waals surface area contributed by atoms with E-state index in [0.717, 1.165) is 35.1 Å². The molecule has 8 nitrogen and oxygen atoms in total. The van der Waals surface area contributed by atoms with Gasteiger partial charge < -0.3 is 19.1 Å². The number of anilines is 1. The van der Waals surface area contributed by atoms with Gasteiger partial charge in [0.15, 0.2) is 4.80 Å². The largest absolute Gasteiger partial charge is 0.496 e. The number of methoxy groups -OCH3 is 2. The highest BCUT2D eigenvalue weighted by Gasteiger charge is 2.36. The lowest BCUT2D eigenvalue weighted by Crippen LogP contribution is -2.40. The second kappa shape index (κ2) is 12.2. The van der Waals surface area contributed by atoms with E-state index in [-0.39, 0.29) is 12.2 Å². The molecule has 2 heterocycles. The molecule has 42 heavy (non-hydrogen) atoms. The molecule has 3 aromatic carbocycles. The van der Waals surface area contributed by atoms with Crippen LogP contribution in [0.15, 0.2) is 75.7 Å². The van der Waals surface area contributed by atoms with Crippen LogP contribution >= 0.6 is 11.3 Å². The summed E-state index contributed by atoms with van der Waals surface area (Å²) in [5.41, 5.74) is 3.09. The van der Waals surface area contributed by atoms with E-state index in [2.05, 4.69) is 18.7 Å². The average Bonchev–Trinajstić information content (AvgIpc) is 3.30. The third-order valence-corrected chi connectivity index (χ3v) is 8.56. The van der Waals surface area contributed by atoms with Gasteiger partial charge in [-0.1, -0.05) is 41.7 Å². The van der Waals surface area contributed by atoms with Crippen LogP contribution in [0.5, 0.6) is 11.5 Å². The highest BCUT2D eigenvalue weighted by atomic mass is 32.1. The molecule has 1 aromatic heterocycles. The summed E-state index contributed by atoms with van der Waals surface area (Å²) in [6, 6.07) is 16.9. The minimum atomic E-state index is -0.796. The molecule has 1 atom stereocenters. The third kappa shape index (κ3) is 5.09. The van der Waals surface area contributed by atoms with Gasteiger partial charge in [0.1, 0.15) is 17.5 Å². The van der Waals surface area contributed by atoms with Crippen molar-refractivity contribution in [1.82, 2.24) is 4.57 Å². The summed E-state index contributed by atoms with van der Waals surface area (Å²) in [4.78, 5) is 35.2. The van der Waals surface area contributed by atoms with Gasteiger partial charge in [-0.15, -0.1) is 0 Å². The summed E-state index contributed by atoms with van der Waals surface area (Å²) in [7, 11) is 3.22. The van der Waals surface area contributed by atoms with Gasteiger partial charge in [0.2, 0.25) is 0 Å². The summed E-state index contributed by atoms with van der Waals surface area (Å²) in [6.45, 7) is 9.70. The van der Waals surface area contributed by atoms with E-state index in [1.54, 1.807) is 32.6 Å². The fraction of sp³-hybridized carbons (Fsp3) is 0.303. The Morgan fingerprint density at radius 3 is 2.45 bits per heavy atom. The fourth-order valence-corrected chi connectivity index (χ4v) is 6.58. The molecule has 1 aliphatic heterocycles. The minimum absolute atomic E-state index is 0.197. The van der Waals surface area contributed by atoms with Gasteiger partial charge in [0.25, 0.3) is 5.56 Å². The summed E-state index contributed by atoms with van der Waals surface area (Å²) >= 11 is 1.28. The van der Waals surface area contributed by atoms with E-state index in [1.807, 2.05) is 60.7 Å². The number of aromatic nitrogens is 1. The number of hydrogen-bond donors (Lipinski definition) is 0. The first kappa shape index (κ1) is 29.1. The lowest BCUT2D eigenvalue weighted by molar-refractivity contribution is -0.139. The summed E-state index contributed by atoms with van der Waals surface area (Å²) < 4.78 is 19.1. The van der Waals surface area contributed by atoms with Crippen LogP contribution < -0.4 is 29.3 Å². The van der Waals surface area contributed by atoms with Crippen LogP contribution in [0.1, 0.15) is 44.9 Å². The molecule has 4 aromatic rings. The predicted molar refractivity (Wildman–Crippen MR) is 167 cm³/mol. The Hall–Kier alpha value is -4.37. The second-order valence-corrected chi connectivity index (χ2v) is 10.8. The molecule has 9 heteroatoms. The molecule has 5 rings (SSSR count). The zero-order chi connectivity index (χ0) is 30.0. The molecular formula is C33H35N3O5S. The van der Waals surface area contributed by atoms with Crippen molar-refractivity contribution in [2.24, 2.45) is 4.99 Å². The Balaban J connectivity index is 1.78. The first-order valence-corrected chi connectivity index (χ1v) is 14.9. The molecule has 0 spiro atoms. The predicted octanol–water partition coefficient (Wildman–Crippen LogP) is 4.81. The van der Waals surface area contributed by atoms with Crippen LogP contribution in [0, 0.1) is 0 Å². The molecule has 0 aliphatic carbocycles. The monoisotopic (exact) mass is 585 g/mol. The number of nitrogens with zero attached hydrogens (tertiary/aromatic N) is 3. The van der Waals surface area contributed by atoms with Crippen LogP contribution in [-0.2, 0) is 9.53 Å². The van der Waals surface area contributed by atoms with E-state index in [0.29, 0.717) is 37.7 Å². The summed E-state index contributed by atoms with van der Waals surface area (Å²) in [5.74, 6) is 0.723. The van der Waals surface area contributed by atoms with Gasteiger partial charge in [-0.3, -0.25) is 9.36 Å². The van der Waals surface area contributed by atoms with Crippen molar-refractivity contribution in [3.8, 4) is 11.5 Å². The van der Waals surface area contributed by atoms with Crippen LogP contribution in [0.3, 0.4) is 0 Å². The minimum Gasteiger partial charge on any atom is -0.496 e. The normalized spacial score (nSPS) is 14.9. The van der Waals surface area contributed by atoms with E-state index >= 15 is 0 Å². The number of hydrogen-bond acceptors (Lipinski definition) is 8. The van der Waals surface area contributed by atoms with Gasteiger partial charge in [-0.2, -0.15) is 0 Å². The molecule has 0 N–H and O–H groups in total. The van der Waals surface area contributed by atoms with Gasteiger partial charge >= 0.3 is 5.97 Å². The highest BCUT2D eigenvalue weighted by molar-refractivity contribution is 7.07. The van der Waals surface area contributed by atoms with Crippen LogP contribution in [0.2, 0.25) is 0 Å². The molecule has 1 unspecified atom stereocenters. The summed E-state index contributed by atoms with van der Waals surface area (Å²) in [6.07, 6.45) is 1.83. The van der Waals surface area contributed by atoms with Crippen LogP contribution in [-0.4, -0.2) is 44.5 Å². The lowest BCUT2D eigenvalue weighted by atomic mass is 9.90. The first-order valence-electron chi connectivity index (χ1n) is 14.0. The van der Waals surface area contributed by atoms with Gasteiger partial charge in [-0.05, 0) is 62.7 Å². The number of ether oxygens (including phenoxy) is 3. The van der Waals surface area contributed by atoms with E-state index in [1.165, 1.54) is 11.3 Å². The third-order valence-electron chi connectivity index (χ3n) is 7.57. The Morgan fingerprint density at radius 2 is 1.76 bits per heavy atom. The fourth-order valence-electron chi connectivity index (χ4n) is 5.55. The highest BCUT2D eigenvalue weighted by Crippen LogP contribution is 2.40. The Kier molecular flexibility index (Phi) is 8.49. The van der Waals surface area contributed by atoms with Crippen molar-refractivity contribution < 1.29 is 19.0 Å². The zero-order valence-corrected chi connectivity index (χ0v) is 25.6. The van der Waals surface area contributed by atoms with Crippen molar-refractivity contribution in [2.45, 2.75) is 33.7 Å². The van der Waals surface area contributed by atoms with Crippen LogP contribution in [0.4, 0.5) is 5.69 Å². The van der Waals surface area contributed by atoms with Crippen LogP contribution in [0.25, 0.3) is 16.8 Å². The zero-order valence-electron chi connectivity index (χ0n) is 24.8. The second-order valence-electron chi connectivity index (χ2n) is 9.80. The Bertz CT molecular complexity index is 1870. The van der Waals surface area contributed by atoms with E-state index < -0.39 is 12.0 Å². The van der Waals surface area contributed by atoms with Crippen molar-refractivity contribution in [3.63, 3.8) is 0 Å². The maximum atomic E-state index is 14.3. The smallest absolute Gasteiger partial charge is 0.338 e. The van der Waals surface area contributed by atoms with Gasteiger partial charge in [-0.25, -0.2) is 9.79 Å². The SMILES string of the molecule is CCOC(=O)C1=C(C)N=c2s/c(=C/c3ccc(N(CC)CC)cc3OC)c(=O)n2C1c1c(OC)ccc2ccccc12. The number of benzene rings is 3. The van der Waals surface area contributed by atoms with Crippen molar-refractivity contribution >= 4 is 39.8 Å². The van der Waals surface area contributed by atoms with Gasteiger partial charge in [0, 0.05) is 36.0 Å². The van der Waals surface area contributed by atoms with E-state index in [4.69, 9.17) is 19.2 Å². The number of carbonyl (C=O) groups is 1. The maximum Gasteiger partial charge on any atom is 0.338 e. The number of esters is 1. The number of carbonyl (C=O) groups excluding carboxylic acids is 1. The van der Waals surface area contributed by atoms with E-state index in [9.17, 15) is 9.59 Å². The molecule has 0 fully saturated rings. The summed E-state index contributed by atoms with van der Waals surface area (Å²) in [5, 5.41) is 1.84. The van der Waals surface area contributed by atoms with Crippen molar-refractivity contribution in [3.05, 3.63) is 96.7 Å². The maximum absolute atomic E-state index is 14.3. The molecule has 0 saturated carbocycles. The average molecular weight is 586 g/mol. The van der Waals surface area contributed by atoms with Crippen molar-refractivity contribution in [2.75, 3.05) is 38.8 Å². The Labute approximate surface area is 248 Å². The lowest BCUT2D eigenvalue weighted by Gasteiger charge is -2.27. The molecule has 0 amide bonds. The topological polar surface area (TPSA) is 82.4 Å². The molecular weight excluding hydrogens is 550 g/mol. The Morgan fingerprint density at radius 1 is 1.02 bits per heavy atom. The number of rotatable bonds is 9. The quantitative estimate of drug-likeness (QED) is 0.262. The molecule has 0 radical (unpaired) electrons. The standard InChI is InChI=1S/C33H35N3O5S/c1-7-35(8-2)23-16-14-22(26(19-23)40-6)18-27-31(37)36-30(28(32(38)41-9-3)20(4)34-33(36)42-27)29-24-13-11-10-12-21(24)15-17-25(29)39-5/h10-19,30H,7-9H2,1-6H3/b27-18+. The number of thiazole rings is 1. The molecule has 1 aliphatic rings. The molecule has 0 bridgehead atoms. The van der Waals surface area contributed by atoms with Gasteiger partial charge in [0.05, 0.1) is 36.6 Å². The number of allylic oxidation sites excluding steroid dienone is 1. The first-order chi connectivity index (χ1) is 20.4.